The second-order valence-electron chi connectivity index (χ2n) is 4.31. The van der Waals surface area contributed by atoms with Crippen molar-refractivity contribution >= 4 is 10.8 Å². The third-order valence-corrected chi connectivity index (χ3v) is 2.93. The molecule has 0 heterocycles. The molecular weight excluding hydrogens is 242 g/mol. The first-order valence-electron chi connectivity index (χ1n) is 6.31. The van der Waals surface area contributed by atoms with Crippen LogP contribution in [-0.4, -0.2) is 32.0 Å². The minimum absolute atomic E-state index is 0.349. The smallest absolute Gasteiger partial charge is 0.0937 e. The van der Waals surface area contributed by atoms with Gasteiger partial charge in [0.2, 0.25) is 0 Å². The predicted molar refractivity (Wildman–Crippen MR) is 74.7 cm³/mol. The zero-order valence-corrected chi connectivity index (χ0v) is 11.0. The van der Waals surface area contributed by atoms with Crippen LogP contribution in [0.2, 0.25) is 0 Å². The van der Waals surface area contributed by atoms with Gasteiger partial charge < -0.3 is 9.84 Å². The van der Waals surface area contributed by atoms with Crippen LogP contribution in [0, 0.1) is 0 Å². The van der Waals surface area contributed by atoms with Gasteiger partial charge in [-0.1, -0.05) is 36.4 Å². The molecule has 19 heavy (non-hydrogen) atoms. The van der Waals surface area contributed by atoms with Crippen molar-refractivity contribution in [3.8, 4) is 0 Å². The molecular formula is C15H19NO3. The van der Waals surface area contributed by atoms with Crippen LogP contribution < -0.4 is 5.48 Å². The van der Waals surface area contributed by atoms with Crippen LogP contribution in [-0.2, 0) is 9.57 Å². The second kappa shape index (κ2) is 7.21. The van der Waals surface area contributed by atoms with E-state index < -0.39 is 6.10 Å². The Kier molecular flexibility index (Phi) is 5.30. The highest BCUT2D eigenvalue weighted by Crippen LogP contribution is 2.19. The van der Waals surface area contributed by atoms with Gasteiger partial charge in [-0.2, -0.15) is 5.48 Å². The van der Waals surface area contributed by atoms with Gasteiger partial charge in [0, 0.05) is 7.11 Å². The number of hydroxylamine groups is 1. The van der Waals surface area contributed by atoms with E-state index in [1.165, 1.54) is 5.39 Å². The quantitative estimate of drug-likeness (QED) is 0.591. The topological polar surface area (TPSA) is 50.7 Å². The Bertz CT molecular complexity index is 515. The number of methoxy groups -OCH3 is 1. The molecule has 0 saturated carbocycles. The first kappa shape index (κ1) is 14.0. The average molecular weight is 261 g/mol. The van der Waals surface area contributed by atoms with Gasteiger partial charge in [-0.3, -0.25) is 4.84 Å². The molecule has 0 amide bonds. The fourth-order valence-corrected chi connectivity index (χ4v) is 1.87. The Morgan fingerprint density at radius 2 is 1.89 bits per heavy atom. The summed E-state index contributed by atoms with van der Waals surface area (Å²) in [6, 6.07) is 14.0. The highest BCUT2D eigenvalue weighted by molar-refractivity contribution is 5.83. The normalized spacial score (nSPS) is 12.7. The van der Waals surface area contributed by atoms with Crippen LogP contribution in [0.3, 0.4) is 0 Å². The van der Waals surface area contributed by atoms with E-state index in [4.69, 9.17) is 9.57 Å². The Labute approximate surface area is 112 Å². The van der Waals surface area contributed by atoms with E-state index in [-0.39, 0.29) is 0 Å². The molecule has 0 radical (unpaired) electrons. The molecule has 0 fully saturated rings. The first-order chi connectivity index (χ1) is 9.31. The van der Waals surface area contributed by atoms with Crippen LogP contribution in [0.25, 0.3) is 10.8 Å². The van der Waals surface area contributed by atoms with Gasteiger partial charge in [-0.05, 0) is 22.4 Å². The van der Waals surface area contributed by atoms with E-state index in [0.717, 1.165) is 10.9 Å². The van der Waals surface area contributed by atoms with Gasteiger partial charge in [-0.15, -0.1) is 0 Å². The summed E-state index contributed by atoms with van der Waals surface area (Å²) < 4.78 is 4.85. The maximum atomic E-state index is 10.1. The van der Waals surface area contributed by atoms with E-state index in [9.17, 15) is 5.11 Å². The fraction of sp³-hybridized carbons (Fsp3) is 0.333. The fourth-order valence-electron chi connectivity index (χ4n) is 1.87. The van der Waals surface area contributed by atoms with Crippen molar-refractivity contribution in [1.82, 2.24) is 5.48 Å². The molecule has 2 rings (SSSR count). The van der Waals surface area contributed by atoms with E-state index in [0.29, 0.717) is 19.8 Å². The molecule has 0 aliphatic carbocycles. The van der Waals surface area contributed by atoms with E-state index >= 15 is 0 Å². The molecule has 4 heteroatoms. The average Bonchev–Trinajstić information content (AvgIpc) is 2.46. The highest BCUT2D eigenvalue weighted by atomic mass is 16.7. The largest absolute Gasteiger partial charge is 0.387 e. The summed E-state index contributed by atoms with van der Waals surface area (Å²) in [5, 5.41) is 12.4. The van der Waals surface area contributed by atoms with Crippen molar-refractivity contribution in [2.45, 2.75) is 6.10 Å². The third-order valence-electron chi connectivity index (χ3n) is 2.93. The summed E-state index contributed by atoms with van der Waals surface area (Å²) in [7, 11) is 1.62. The minimum atomic E-state index is -0.591. The lowest BCUT2D eigenvalue weighted by molar-refractivity contribution is -0.0112. The zero-order valence-electron chi connectivity index (χ0n) is 11.0. The van der Waals surface area contributed by atoms with Gasteiger partial charge >= 0.3 is 0 Å². The molecule has 102 valence electrons. The molecule has 1 atom stereocenters. The van der Waals surface area contributed by atoms with Crippen LogP contribution in [0.15, 0.2) is 42.5 Å². The number of ether oxygens (including phenoxy) is 1. The van der Waals surface area contributed by atoms with Gasteiger partial charge in [0.25, 0.3) is 0 Å². The third kappa shape index (κ3) is 4.01. The van der Waals surface area contributed by atoms with Crippen molar-refractivity contribution in [3.63, 3.8) is 0 Å². The van der Waals surface area contributed by atoms with Crippen LogP contribution >= 0.6 is 0 Å². The number of benzene rings is 2. The number of hydrogen-bond acceptors (Lipinski definition) is 4. The van der Waals surface area contributed by atoms with Gasteiger partial charge in [0.15, 0.2) is 0 Å². The number of nitrogens with one attached hydrogen (secondary N) is 1. The van der Waals surface area contributed by atoms with E-state index in [2.05, 4.69) is 11.5 Å². The Balaban J connectivity index is 1.91. The van der Waals surface area contributed by atoms with Crippen LogP contribution in [0.4, 0.5) is 0 Å². The molecule has 0 aliphatic rings. The van der Waals surface area contributed by atoms with Crippen molar-refractivity contribution < 1.29 is 14.7 Å². The highest BCUT2D eigenvalue weighted by Gasteiger charge is 2.07. The van der Waals surface area contributed by atoms with Crippen molar-refractivity contribution in [2.75, 3.05) is 26.9 Å². The molecule has 0 aliphatic heterocycles. The molecule has 2 N–H and O–H groups in total. The van der Waals surface area contributed by atoms with Gasteiger partial charge in [0.1, 0.15) is 0 Å². The van der Waals surface area contributed by atoms with E-state index in [1.807, 2.05) is 36.4 Å². The molecule has 0 saturated heterocycles. The predicted octanol–water partition coefficient (Wildman–Crippen LogP) is 2.04. The van der Waals surface area contributed by atoms with E-state index in [1.54, 1.807) is 7.11 Å². The molecule has 1 unspecified atom stereocenters. The SMILES string of the molecule is COCCONCC(O)c1ccc2ccccc2c1. The molecule has 2 aromatic rings. The van der Waals surface area contributed by atoms with Crippen molar-refractivity contribution in [2.24, 2.45) is 0 Å². The lowest BCUT2D eigenvalue weighted by Crippen LogP contribution is -2.23. The monoisotopic (exact) mass is 261 g/mol. The molecule has 2 aromatic carbocycles. The first-order valence-corrected chi connectivity index (χ1v) is 6.31. The summed E-state index contributed by atoms with van der Waals surface area (Å²) in [5.41, 5.74) is 3.61. The Hall–Kier alpha value is -1.46. The standard InChI is InChI=1S/C15H19NO3/c1-18-8-9-19-16-11-15(17)14-7-6-12-4-2-3-5-13(12)10-14/h2-7,10,15-17H,8-9,11H2,1H3. The van der Waals surface area contributed by atoms with Crippen molar-refractivity contribution in [3.05, 3.63) is 48.0 Å². The van der Waals surface area contributed by atoms with Crippen LogP contribution in [0.5, 0.6) is 0 Å². The van der Waals surface area contributed by atoms with Gasteiger partial charge in [0.05, 0.1) is 25.9 Å². The lowest BCUT2D eigenvalue weighted by Gasteiger charge is -2.13. The number of aliphatic hydroxyl groups is 1. The molecule has 4 nitrogen and oxygen atoms in total. The summed E-state index contributed by atoms with van der Waals surface area (Å²) in [6.07, 6.45) is -0.591. The number of aliphatic hydroxyl groups excluding tert-OH is 1. The molecule has 0 bridgehead atoms. The lowest BCUT2D eigenvalue weighted by atomic mass is 10.0. The zero-order chi connectivity index (χ0) is 13.5. The summed E-state index contributed by atoms with van der Waals surface area (Å²) >= 11 is 0. The number of rotatable bonds is 7. The van der Waals surface area contributed by atoms with Crippen molar-refractivity contribution in [1.29, 1.82) is 0 Å². The Morgan fingerprint density at radius 3 is 2.68 bits per heavy atom. The minimum Gasteiger partial charge on any atom is -0.387 e. The molecule has 0 aromatic heterocycles. The Morgan fingerprint density at radius 1 is 1.11 bits per heavy atom. The second-order valence-corrected chi connectivity index (χ2v) is 4.31. The van der Waals surface area contributed by atoms with Crippen LogP contribution in [0.1, 0.15) is 11.7 Å². The maximum Gasteiger partial charge on any atom is 0.0937 e. The van der Waals surface area contributed by atoms with Gasteiger partial charge in [-0.25, -0.2) is 0 Å². The molecule has 0 spiro atoms. The summed E-state index contributed by atoms with van der Waals surface area (Å²) in [4.78, 5) is 5.12. The summed E-state index contributed by atoms with van der Waals surface area (Å²) in [6.45, 7) is 1.34. The maximum absolute atomic E-state index is 10.1. The number of hydrogen-bond donors (Lipinski definition) is 2. The number of fused-ring (bicyclic) bond motifs is 1. The summed E-state index contributed by atoms with van der Waals surface area (Å²) in [5.74, 6) is 0.